The summed E-state index contributed by atoms with van der Waals surface area (Å²) < 4.78 is 12.6. The van der Waals surface area contributed by atoms with Crippen LogP contribution in [0.4, 0.5) is 0 Å². The lowest BCUT2D eigenvalue weighted by Gasteiger charge is -2.09. The number of hydrogen-bond donors (Lipinski definition) is 0. The van der Waals surface area contributed by atoms with Gasteiger partial charge in [0.05, 0.1) is 24.6 Å². The molecule has 0 unspecified atom stereocenters. The van der Waals surface area contributed by atoms with Gasteiger partial charge in [-0.3, -0.25) is 4.79 Å². The number of nitrogens with zero attached hydrogens (tertiary/aromatic N) is 2. The van der Waals surface area contributed by atoms with Crippen LogP contribution >= 0.6 is 23.2 Å². The van der Waals surface area contributed by atoms with Crippen molar-refractivity contribution < 1.29 is 14.3 Å². The Kier molecular flexibility index (Phi) is 6.74. The Morgan fingerprint density at radius 3 is 2.87 bits per heavy atom. The molecule has 0 N–H and O–H groups in total. The summed E-state index contributed by atoms with van der Waals surface area (Å²) >= 11 is 11.9. The number of benzene rings is 1. The van der Waals surface area contributed by atoms with E-state index in [9.17, 15) is 4.79 Å². The second-order valence-electron chi connectivity index (χ2n) is 4.97. The molecule has 5 nitrogen and oxygen atoms in total. The smallest absolute Gasteiger partial charge is 0.305 e. The van der Waals surface area contributed by atoms with Gasteiger partial charge in [0.2, 0.25) is 0 Å². The predicted octanol–water partition coefficient (Wildman–Crippen LogP) is 3.67. The van der Waals surface area contributed by atoms with Gasteiger partial charge in [0.15, 0.2) is 0 Å². The highest BCUT2D eigenvalue weighted by Crippen LogP contribution is 2.31. The summed E-state index contributed by atoms with van der Waals surface area (Å²) in [6, 6.07) is 5.19. The van der Waals surface area contributed by atoms with E-state index in [1.807, 2.05) is 11.6 Å². The highest BCUT2D eigenvalue weighted by Gasteiger charge is 2.07. The summed E-state index contributed by atoms with van der Waals surface area (Å²) in [5.41, 5.74) is 1.02. The molecule has 0 atom stereocenters. The van der Waals surface area contributed by atoms with Gasteiger partial charge >= 0.3 is 5.97 Å². The zero-order valence-electron chi connectivity index (χ0n) is 12.8. The number of ether oxygens (including phenoxy) is 2. The van der Waals surface area contributed by atoms with Crippen LogP contribution in [0.15, 0.2) is 30.7 Å². The molecule has 0 radical (unpaired) electrons. The SMILES string of the molecule is Cn1cncc1CCOC(=O)CCCOc1cccc(Cl)c1Cl. The fraction of sp³-hybridized carbons (Fsp3) is 0.375. The van der Waals surface area contributed by atoms with Crippen molar-refractivity contribution in [2.75, 3.05) is 13.2 Å². The van der Waals surface area contributed by atoms with Crippen molar-refractivity contribution in [2.24, 2.45) is 7.05 Å². The van der Waals surface area contributed by atoms with Crippen molar-refractivity contribution in [2.45, 2.75) is 19.3 Å². The third-order valence-electron chi connectivity index (χ3n) is 3.24. The normalized spacial score (nSPS) is 10.6. The average molecular weight is 357 g/mol. The lowest BCUT2D eigenvalue weighted by Crippen LogP contribution is -2.10. The van der Waals surface area contributed by atoms with Crippen LogP contribution in [0.25, 0.3) is 0 Å². The van der Waals surface area contributed by atoms with Crippen LogP contribution < -0.4 is 4.74 Å². The van der Waals surface area contributed by atoms with Crippen LogP contribution in [0.1, 0.15) is 18.5 Å². The zero-order valence-corrected chi connectivity index (χ0v) is 14.3. The van der Waals surface area contributed by atoms with Crippen molar-refractivity contribution >= 4 is 29.2 Å². The maximum Gasteiger partial charge on any atom is 0.305 e. The lowest BCUT2D eigenvalue weighted by molar-refractivity contribution is -0.143. The molecule has 0 saturated carbocycles. The van der Waals surface area contributed by atoms with Gasteiger partial charge in [-0.1, -0.05) is 29.3 Å². The van der Waals surface area contributed by atoms with Gasteiger partial charge in [0.1, 0.15) is 10.8 Å². The molecule has 0 saturated heterocycles. The number of esters is 1. The van der Waals surface area contributed by atoms with E-state index < -0.39 is 0 Å². The Balaban J connectivity index is 1.61. The molecule has 2 rings (SSSR count). The quantitative estimate of drug-likeness (QED) is 0.534. The molecule has 0 amide bonds. The zero-order chi connectivity index (χ0) is 16.7. The summed E-state index contributed by atoms with van der Waals surface area (Å²) in [7, 11) is 1.91. The molecule has 2 aromatic rings. The molecule has 7 heteroatoms. The number of carbonyl (C=O) groups is 1. The molecule has 1 heterocycles. The molecule has 1 aromatic carbocycles. The number of imidazole rings is 1. The molecular formula is C16H18Cl2N2O3. The number of aryl methyl sites for hydroxylation is 1. The monoisotopic (exact) mass is 356 g/mol. The first-order valence-corrected chi connectivity index (χ1v) is 8.01. The van der Waals surface area contributed by atoms with Crippen molar-refractivity contribution in [1.82, 2.24) is 9.55 Å². The van der Waals surface area contributed by atoms with Crippen LogP contribution in [0.3, 0.4) is 0 Å². The highest BCUT2D eigenvalue weighted by atomic mass is 35.5. The molecule has 124 valence electrons. The van der Waals surface area contributed by atoms with Gasteiger partial charge in [0, 0.05) is 31.8 Å². The molecule has 1 aromatic heterocycles. The van der Waals surface area contributed by atoms with Gasteiger partial charge < -0.3 is 14.0 Å². The Morgan fingerprint density at radius 2 is 2.13 bits per heavy atom. The van der Waals surface area contributed by atoms with Crippen LogP contribution in [-0.4, -0.2) is 28.7 Å². The molecule has 23 heavy (non-hydrogen) atoms. The summed E-state index contributed by atoms with van der Waals surface area (Å²) in [5, 5.41) is 0.826. The minimum Gasteiger partial charge on any atom is -0.492 e. The second-order valence-corrected chi connectivity index (χ2v) is 5.76. The van der Waals surface area contributed by atoms with Gasteiger partial charge in [0.25, 0.3) is 0 Å². The van der Waals surface area contributed by atoms with Crippen molar-refractivity contribution in [3.63, 3.8) is 0 Å². The third-order valence-corrected chi connectivity index (χ3v) is 4.04. The minimum atomic E-state index is -0.243. The number of rotatable bonds is 8. The van der Waals surface area contributed by atoms with E-state index in [0.29, 0.717) is 48.3 Å². The van der Waals surface area contributed by atoms with Crippen molar-refractivity contribution in [3.05, 3.63) is 46.5 Å². The topological polar surface area (TPSA) is 53.4 Å². The largest absolute Gasteiger partial charge is 0.492 e. The van der Waals surface area contributed by atoms with E-state index in [4.69, 9.17) is 32.7 Å². The van der Waals surface area contributed by atoms with E-state index in [2.05, 4.69) is 4.98 Å². The standard InChI is InChI=1S/C16H18Cl2N2O3/c1-20-11-19-10-12(20)7-9-23-15(21)6-3-8-22-14-5-2-4-13(17)16(14)18/h2,4-5,10-11H,3,6-9H2,1H3. The molecular weight excluding hydrogens is 339 g/mol. The summed E-state index contributed by atoms with van der Waals surface area (Å²) in [4.78, 5) is 15.6. The molecule has 0 aliphatic rings. The number of aromatic nitrogens is 2. The average Bonchev–Trinajstić information content (AvgIpc) is 2.93. The fourth-order valence-corrected chi connectivity index (χ4v) is 2.31. The van der Waals surface area contributed by atoms with Crippen LogP contribution in [0.5, 0.6) is 5.75 Å². The number of halogens is 2. The van der Waals surface area contributed by atoms with Gasteiger partial charge in [-0.15, -0.1) is 0 Å². The Labute approximate surface area is 145 Å². The predicted molar refractivity (Wildman–Crippen MR) is 89.1 cm³/mol. The van der Waals surface area contributed by atoms with Gasteiger partial charge in [-0.2, -0.15) is 0 Å². The Hall–Kier alpha value is -1.72. The first kappa shape index (κ1) is 17.6. The van der Waals surface area contributed by atoms with Crippen LogP contribution in [0.2, 0.25) is 10.0 Å². The molecule has 0 bridgehead atoms. The Bertz CT molecular complexity index is 659. The third kappa shape index (κ3) is 5.44. The van der Waals surface area contributed by atoms with Crippen LogP contribution in [0, 0.1) is 0 Å². The van der Waals surface area contributed by atoms with E-state index in [1.165, 1.54) is 0 Å². The maximum atomic E-state index is 11.6. The van der Waals surface area contributed by atoms with Gasteiger partial charge in [-0.25, -0.2) is 4.98 Å². The first-order chi connectivity index (χ1) is 11.1. The van der Waals surface area contributed by atoms with E-state index >= 15 is 0 Å². The van der Waals surface area contributed by atoms with E-state index in [-0.39, 0.29) is 5.97 Å². The summed E-state index contributed by atoms with van der Waals surface area (Å²) in [5.74, 6) is 0.275. The summed E-state index contributed by atoms with van der Waals surface area (Å²) in [6.45, 7) is 0.718. The Morgan fingerprint density at radius 1 is 1.30 bits per heavy atom. The molecule has 0 aliphatic carbocycles. The van der Waals surface area contributed by atoms with E-state index in [0.717, 1.165) is 5.69 Å². The van der Waals surface area contributed by atoms with Crippen molar-refractivity contribution in [1.29, 1.82) is 0 Å². The van der Waals surface area contributed by atoms with Crippen molar-refractivity contribution in [3.8, 4) is 5.75 Å². The van der Waals surface area contributed by atoms with E-state index in [1.54, 1.807) is 30.7 Å². The number of hydrogen-bond acceptors (Lipinski definition) is 4. The molecule has 0 aliphatic heterocycles. The maximum absolute atomic E-state index is 11.6. The molecule has 0 fully saturated rings. The minimum absolute atomic E-state index is 0.243. The number of carbonyl (C=O) groups excluding carboxylic acids is 1. The lowest BCUT2D eigenvalue weighted by atomic mass is 10.3. The van der Waals surface area contributed by atoms with Crippen LogP contribution in [-0.2, 0) is 23.0 Å². The molecule has 0 spiro atoms. The first-order valence-electron chi connectivity index (χ1n) is 7.25. The summed E-state index contributed by atoms with van der Waals surface area (Å²) in [6.07, 6.45) is 4.97. The highest BCUT2D eigenvalue weighted by molar-refractivity contribution is 6.42. The fourth-order valence-electron chi connectivity index (χ4n) is 1.96. The van der Waals surface area contributed by atoms with Gasteiger partial charge in [-0.05, 0) is 18.6 Å². The second kappa shape index (κ2) is 8.79.